The average Bonchev–Trinajstić information content (AvgIpc) is 2.48. The first-order valence-corrected chi connectivity index (χ1v) is 8.64. The number of rotatable bonds is 2. The zero-order valence-corrected chi connectivity index (χ0v) is 14.2. The number of halogens is 1. The Kier molecular flexibility index (Phi) is 4.14. The Morgan fingerprint density at radius 1 is 1.30 bits per heavy atom. The molecule has 1 aliphatic heterocycles. The monoisotopic (exact) mass is 349 g/mol. The summed E-state index contributed by atoms with van der Waals surface area (Å²) in [6.45, 7) is 3.85. The second-order valence-electron chi connectivity index (χ2n) is 5.41. The molecule has 3 rings (SSSR count). The highest BCUT2D eigenvalue weighted by atomic mass is 35.5. The van der Waals surface area contributed by atoms with Crippen LogP contribution < -0.4 is 15.4 Å². The third-order valence-electron chi connectivity index (χ3n) is 3.86. The molecule has 0 saturated carbocycles. The molecule has 0 aromatic heterocycles. The number of anilines is 2. The molecule has 2 aromatic carbocycles. The molecule has 1 amide bonds. The molecule has 3 N–H and O–H groups in total. The predicted octanol–water partition coefficient (Wildman–Crippen LogP) is 3.05. The van der Waals surface area contributed by atoms with Gasteiger partial charge >= 0.3 is 0 Å². The Morgan fingerprint density at radius 3 is 2.65 bits per heavy atom. The van der Waals surface area contributed by atoms with E-state index in [0.29, 0.717) is 11.3 Å². The van der Waals surface area contributed by atoms with Gasteiger partial charge in [-0.1, -0.05) is 29.8 Å². The number of hydrogen-bond acceptors (Lipinski definition) is 3. The highest BCUT2D eigenvalue weighted by molar-refractivity contribution is 7.82. The number of nitrogens with zero attached hydrogens (tertiary/aromatic N) is 1. The van der Waals surface area contributed by atoms with E-state index in [-0.39, 0.29) is 22.0 Å². The summed E-state index contributed by atoms with van der Waals surface area (Å²) in [7, 11) is -1.75. The first-order valence-electron chi connectivity index (χ1n) is 7.05. The van der Waals surface area contributed by atoms with Crippen LogP contribution in [0.15, 0.2) is 41.3 Å². The van der Waals surface area contributed by atoms with Gasteiger partial charge in [0.2, 0.25) is 0 Å². The molecule has 0 radical (unpaired) electrons. The lowest BCUT2D eigenvalue weighted by molar-refractivity contribution is 0.0976. The van der Waals surface area contributed by atoms with Crippen LogP contribution in [-0.4, -0.2) is 16.3 Å². The van der Waals surface area contributed by atoms with Crippen molar-refractivity contribution in [1.29, 1.82) is 0 Å². The summed E-state index contributed by atoms with van der Waals surface area (Å²) in [6.07, 6.45) is -0.235. The SMILES string of the molecule is Cc1ccccc1N1C(=O)c2cc([S@](N)=O)c(Cl)cc2N[C@@H]1C. The van der Waals surface area contributed by atoms with Gasteiger partial charge in [-0.2, -0.15) is 0 Å². The quantitative estimate of drug-likeness (QED) is 0.875. The molecule has 1 heterocycles. The van der Waals surface area contributed by atoms with Gasteiger partial charge in [-0.05, 0) is 37.6 Å². The molecule has 1 aliphatic rings. The van der Waals surface area contributed by atoms with E-state index in [1.54, 1.807) is 11.0 Å². The third kappa shape index (κ3) is 2.73. The van der Waals surface area contributed by atoms with E-state index in [1.165, 1.54) is 6.07 Å². The minimum Gasteiger partial charge on any atom is -0.364 e. The van der Waals surface area contributed by atoms with Crippen LogP contribution in [0, 0.1) is 6.92 Å². The van der Waals surface area contributed by atoms with Crippen molar-refractivity contribution >= 4 is 39.9 Å². The van der Waals surface area contributed by atoms with Crippen LogP contribution in [0.25, 0.3) is 0 Å². The summed E-state index contributed by atoms with van der Waals surface area (Å²) >= 11 is 6.09. The van der Waals surface area contributed by atoms with Crippen LogP contribution in [0.3, 0.4) is 0 Å². The van der Waals surface area contributed by atoms with Crippen molar-refractivity contribution in [2.45, 2.75) is 24.9 Å². The van der Waals surface area contributed by atoms with E-state index < -0.39 is 11.0 Å². The number of nitrogens with two attached hydrogens (primary N) is 1. The lowest BCUT2D eigenvalue weighted by Crippen LogP contribution is -2.47. The Labute approximate surface area is 142 Å². The van der Waals surface area contributed by atoms with Crippen LogP contribution >= 0.6 is 11.6 Å². The second kappa shape index (κ2) is 5.96. The number of hydrogen-bond donors (Lipinski definition) is 2. The molecule has 2 atom stereocenters. The maximum atomic E-state index is 13.0. The van der Waals surface area contributed by atoms with Gasteiger partial charge in [0.15, 0.2) is 0 Å². The van der Waals surface area contributed by atoms with Crippen molar-refractivity contribution in [1.82, 2.24) is 0 Å². The fourth-order valence-electron chi connectivity index (χ4n) is 2.75. The van der Waals surface area contributed by atoms with Crippen LogP contribution in [-0.2, 0) is 11.0 Å². The minimum absolute atomic E-state index is 0.177. The average molecular weight is 350 g/mol. The molecular weight excluding hydrogens is 334 g/mol. The highest BCUT2D eigenvalue weighted by Gasteiger charge is 2.32. The summed E-state index contributed by atoms with van der Waals surface area (Å²) in [5.74, 6) is -0.177. The Hall–Kier alpha value is -1.89. The van der Waals surface area contributed by atoms with Gasteiger partial charge in [0.1, 0.15) is 17.2 Å². The second-order valence-corrected chi connectivity index (χ2v) is 6.85. The van der Waals surface area contributed by atoms with Gasteiger partial charge in [0, 0.05) is 5.69 Å². The first kappa shape index (κ1) is 16.0. The zero-order chi connectivity index (χ0) is 16.7. The zero-order valence-electron chi connectivity index (χ0n) is 12.7. The van der Waals surface area contributed by atoms with Crippen molar-refractivity contribution in [3.63, 3.8) is 0 Å². The number of amides is 1. The normalized spacial score (nSPS) is 18.3. The smallest absolute Gasteiger partial charge is 0.262 e. The minimum atomic E-state index is -1.75. The molecule has 0 bridgehead atoms. The van der Waals surface area contributed by atoms with Gasteiger partial charge in [-0.3, -0.25) is 9.69 Å². The molecule has 23 heavy (non-hydrogen) atoms. The number of carbonyl (C=O) groups is 1. The molecule has 0 aliphatic carbocycles. The fourth-order valence-corrected chi connectivity index (χ4v) is 3.63. The Morgan fingerprint density at radius 2 is 2.00 bits per heavy atom. The number of para-hydroxylation sites is 1. The van der Waals surface area contributed by atoms with Crippen molar-refractivity contribution in [3.8, 4) is 0 Å². The molecule has 0 saturated heterocycles. The van der Waals surface area contributed by atoms with E-state index in [0.717, 1.165) is 11.3 Å². The van der Waals surface area contributed by atoms with Crippen molar-refractivity contribution in [2.24, 2.45) is 5.14 Å². The number of benzene rings is 2. The van der Waals surface area contributed by atoms with Crippen molar-refractivity contribution < 1.29 is 9.00 Å². The molecule has 0 spiro atoms. The molecule has 120 valence electrons. The van der Waals surface area contributed by atoms with Crippen molar-refractivity contribution in [2.75, 3.05) is 10.2 Å². The Balaban J connectivity index is 2.13. The number of aryl methyl sites for hydroxylation is 1. The molecular formula is C16H16ClN3O2S. The highest BCUT2D eigenvalue weighted by Crippen LogP contribution is 2.34. The van der Waals surface area contributed by atoms with E-state index in [4.69, 9.17) is 16.7 Å². The molecule has 7 heteroatoms. The summed E-state index contributed by atoms with van der Waals surface area (Å²) < 4.78 is 11.6. The number of nitrogens with one attached hydrogen (secondary N) is 1. The third-order valence-corrected chi connectivity index (χ3v) is 5.06. The van der Waals surface area contributed by atoms with Crippen LogP contribution in [0.5, 0.6) is 0 Å². The molecule has 2 aromatic rings. The maximum Gasteiger partial charge on any atom is 0.262 e. The van der Waals surface area contributed by atoms with Gasteiger partial charge in [-0.25, -0.2) is 9.35 Å². The van der Waals surface area contributed by atoms with Gasteiger partial charge < -0.3 is 5.32 Å². The van der Waals surface area contributed by atoms with Crippen molar-refractivity contribution in [3.05, 3.63) is 52.5 Å². The lowest BCUT2D eigenvalue weighted by Gasteiger charge is -2.37. The molecule has 5 nitrogen and oxygen atoms in total. The van der Waals surface area contributed by atoms with Gasteiger partial charge in [0.25, 0.3) is 5.91 Å². The first-order chi connectivity index (χ1) is 10.9. The lowest BCUT2D eigenvalue weighted by atomic mass is 10.1. The molecule has 0 unspecified atom stereocenters. The maximum absolute atomic E-state index is 13.0. The van der Waals surface area contributed by atoms with E-state index in [2.05, 4.69) is 5.32 Å². The number of fused-ring (bicyclic) bond motifs is 1. The molecule has 0 fully saturated rings. The standard InChI is InChI=1S/C16H16ClN3O2S/c1-9-5-3-4-6-14(9)20-10(2)19-13-8-12(17)15(23(18)22)7-11(13)16(20)21/h3-8,10,19H,18H2,1-2H3/t10-,23+/m0/s1. The van der Waals surface area contributed by atoms with E-state index >= 15 is 0 Å². The van der Waals surface area contributed by atoms with Crippen LogP contribution in [0.1, 0.15) is 22.8 Å². The Bertz CT molecular complexity index is 825. The summed E-state index contributed by atoms with van der Waals surface area (Å²) in [5.41, 5.74) is 2.85. The largest absolute Gasteiger partial charge is 0.364 e. The van der Waals surface area contributed by atoms with Crippen LogP contribution in [0.4, 0.5) is 11.4 Å². The topological polar surface area (TPSA) is 75.4 Å². The van der Waals surface area contributed by atoms with Gasteiger partial charge in [-0.15, -0.1) is 0 Å². The van der Waals surface area contributed by atoms with Gasteiger partial charge in [0.05, 0.1) is 21.2 Å². The van der Waals surface area contributed by atoms with Crippen LogP contribution in [0.2, 0.25) is 5.02 Å². The number of carbonyl (C=O) groups excluding carboxylic acids is 1. The summed E-state index contributed by atoms with van der Waals surface area (Å²) in [5, 5.41) is 8.97. The predicted molar refractivity (Wildman–Crippen MR) is 93.1 cm³/mol. The van der Waals surface area contributed by atoms with E-state index in [1.807, 2.05) is 38.1 Å². The summed E-state index contributed by atoms with van der Waals surface area (Å²) in [6, 6.07) is 10.8. The fraction of sp³-hybridized carbons (Fsp3) is 0.188. The van der Waals surface area contributed by atoms with E-state index in [9.17, 15) is 9.00 Å². The summed E-state index contributed by atoms with van der Waals surface area (Å²) in [4.78, 5) is 14.9.